The van der Waals surface area contributed by atoms with Crippen LogP contribution in [0.25, 0.3) is 16.7 Å². The first-order valence-electron chi connectivity index (χ1n) is 10.2. The van der Waals surface area contributed by atoms with Crippen LogP contribution in [0.2, 0.25) is 0 Å². The normalized spacial score (nSPS) is 20.6. The molecule has 3 N–H and O–H groups in total. The zero-order chi connectivity index (χ0) is 24.2. The summed E-state index contributed by atoms with van der Waals surface area (Å²) in [5.74, 6) is -3.61. The van der Waals surface area contributed by atoms with Gasteiger partial charge in [-0.2, -0.15) is 0 Å². The molecule has 12 heteroatoms. The zero-order valence-corrected chi connectivity index (χ0v) is 18.6. The second-order valence-corrected chi connectivity index (χ2v) is 8.16. The van der Waals surface area contributed by atoms with Crippen molar-refractivity contribution in [2.24, 2.45) is 11.7 Å². The molecule has 182 valence electrons. The van der Waals surface area contributed by atoms with E-state index in [-0.39, 0.29) is 47.4 Å². The van der Waals surface area contributed by atoms with Crippen molar-refractivity contribution in [3.63, 3.8) is 0 Å². The highest BCUT2D eigenvalue weighted by molar-refractivity contribution is 5.85. The lowest BCUT2D eigenvalue weighted by atomic mass is 9.85. The molecule has 2 aliphatic rings. The van der Waals surface area contributed by atoms with E-state index < -0.39 is 40.3 Å². The molecule has 8 nitrogen and oxygen atoms in total. The van der Waals surface area contributed by atoms with E-state index in [1.165, 1.54) is 0 Å². The van der Waals surface area contributed by atoms with Crippen molar-refractivity contribution in [3.05, 3.63) is 82.4 Å². The second kappa shape index (κ2) is 8.75. The second-order valence-electron chi connectivity index (χ2n) is 8.16. The molecule has 5 rings (SSSR count). The van der Waals surface area contributed by atoms with E-state index in [1.807, 2.05) is 24.3 Å². The van der Waals surface area contributed by atoms with Crippen LogP contribution in [0.15, 0.2) is 59.6 Å². The molecule has 1 saturated heterocycles. The Balaban J connectivity index is 0.00000289. The van der Waals surface area contributed by atoms with Crippen molar-refractivity contribution in [1.82, 2.24) is 9.55 Å². The van der Waals surface area contributed by atoms with Crippen molar-refractivity contribution in [1.29, 1.82) is 0 Å². The highest BCUT2D eigenvalue weighted by Gasteiger charge is 2.42. The molecular weight excluding hydrogens is 489 g/mol. The maximum Gasteiger partial charge on any atom is 0.511 e. The average Bonchev–Trinajstić information content (AvgIpc) is 3.12. The van der Waals surface area contributed by atoms with Crippen molar-refractivity contribution in [2.75, 3.05) is 18.0 Å². The Hall–Kier alpha value is -3.83. The number of halogens is 4. The summed E-state index contributed by atoms with van der Waals surface area (Å²) in [6.07, 6.45) is 6.53. The molecule has 0 radical (unpaired) electrons. The molecule has 1 aromatic carbocycles. The fraction of sp³-hybridized carbons (Fsp3) is 0.174. The van der Waals surface area contributed by atoms with Gasteiger partial charge in [-0.3, -0.25) is 9.36 Å². The minimum atomic E-state index is -1.79. The molecule has 0 spiro atoms. The van der Waals surface area contributed by atoms with Crippen LogP contribution >= 0.6 is 12.4 Å². The lowest BCUT2D eigenvalue weighted by Crippen LogP contribution is -2.46. The van der Waals surface area contributed by atoms with E-state index in [1.54, 1.807) is 4.90 Å². The molecule has 2 unspecified atom stereocenters. The van der Waals surface area contributed by atoms with E-state index in [9.17, 15) is 18.4 Å². The number of fused-ring (bicyclic) bond motifs is 2. The molecule has 1 fully saturated rings. The Bertz CT molecular complexity index is 1480. The molecule has 1 aliphatic carbocycles. The van der Waals surface area contributed by atoms with Crippen LogP contribution in [0.1, 0.15) is 0 Å². The third-order valence-electron chi connectivity index (χ3n) is 5.98. The van der Waals surface area contributed by atoms with E-state index in [2.05, 4.69) is 9.72 Å². The van der Waals surface area contributed by atoms with Gasteiger partial charge < -0.3 is 20.5 Å². The Morgan fingerprint density at radius 2 is 1.97 bits per heavy atom. The number of hydrogen-bond acceptors (Lipinski definition) is 6. The molecule has 0 saturated carbocycles. The molecular formula is C23H18ClF3N4O4. The molecule has 3 aromatic rings. The number of pyridine rings is 2. The lowest BCUT2D eigenvalue weighted by molar-refractivity contribution is 0.144. The number of allylic oxidation sites excluding steroid dienone is 2. The van der Waals surface area contributed by atoms with Gasteiger partial charge in [0.15, 0.2) is 23.0 Å². The average molecular weight is 507 g/mol. The van der Waals surface area contributed by atoms with Crippen molar-refractivity contribution in [3.8, 4) is 11.4 Å². The lowest BCUT2D eigenvalue weighted by Gasteiger charge is -2.26. The van der Waals surface area contributed by atoms with Gasteiger partial charge in [-0.1, -0.05) is 24.3 Å². The first kappa shape index (κ1) is 24.3. The summed E-state index contributed by atoms with van der Waals surface area (Å²) in [6.45, 7) is 0.589. The fourth-order valence-electron chi connectivity index (χ4n) is 4.37. The summed E-state index contributed by atoms with van der Waals surface area (Å²) in [4.78, 5) is 29.8. The van der Waals surface area contributed by atoms with Gasteiger partial charge in [0.25, 0.3) is 0 Å². The van der Waals surface area contributed by atoms with Crippen LogP contribution < -0.4 is 20.8 Å². The van der Waals surface area contributed by atoms with Gasteiger partial charge >= 0.3 is 6.16 Å². The molecule has 35 heavy (non-hydrogen) atoms. The SMILES string of the molecule is Cl.NC12C=CC=CC1CN(c1nc3c(cc1F)c(=O)c(OC(=O)O)cn3-c1ccc(F)cc1F)C2. The predicted molar refractivity (Wildman–Crippen MR) is 124 cm³/mol. The summed E-state index contributed by atoms with van der Waals surface area (Å²) < 4.78 is 48.9. The summed E-state index contributed by atoms with van der Waals surface area (Å²) in [5.41, 5.74) is 4.35. The largest absolute Gasteiger partial charge is 0.511 e. The fourth-order valence-corrected chi connectivity index (χ4v) is 4.37. The maximum absolute atomic E-state index is 15.2. The molecule has 1 aliphatic heterocycles. The number of carboxylic acid groups (broad SMARTS) is 1. The van der Waals surface area contributed by atoms with Crippen LogP contribution in [-0.2, 0) is 0 Å². The maximum atomic E-state index is 15.2. The van der Waals surface area contributed by atoms with Crippen LogP contribution in [-0.4, -0.2) is 39.4 Å². The topological polar surface area (TPSA) is 111 Å². The molecule has 2 aromatic heterocycles. The number of rotatable bonds is 3. The van der Waals surface area contributed by atoms with Crippen LogP contribution in [0.3, 0.4) is 0 Å². The van der Waals surface area contributed by atoms with E-state index in [4.69, 9.17) is 10.8 Å². The number of aromatic nitrogens is 2. The third-order valence-corrected chi connectivity index (χ3v) is 5.98. The number of anilines is 1. The van der Waals surface area contributed by atoms with Crippen LogP contribution in [0, 0.1) is 23.4 Å². The first-order chi connectivity index (χ1) is 16.2. The van der Waals surface area contributed by atoms with Gasteiger partial charge in [0.2, 0.25) is 5.43 Å². The minimum absolute atomic E-state index is 0. The summed E-state index contributed by atoms with van der Waals surface area (Å²) in [5, 5.41) is 8.63. The number of hydrogen-bond donors (Lipinski definition) is 2. The van der Waals surface area contributed by atoms with Crippen LogP contribution in [0.5, 0.6) is 5.75 Å². The third kappa shape index (κ3) is 4.13. The highest BCUT2D eigenvalue weighted by Crippen LogP contribution is 2.35. The number of nitrogens with zero attached hydrogens (tertiary/aromatic N) is 3. The van der Waals surface area contributed by atoms with Gasteiger partial charge in [-0.15, -0.1) is 12.4 Å². The molecule has 3 heterocycles. The Kier molecular flexibility index (Phi) is 6.07. The summed E-state index contributed by atoms with van der Waals surface area (Å²) in [7, 11) is 0. The van der Waals surface area contributed by atoms with Gasteiger partial charge in [0.1, 0.15) is 11.6 Å². The van der Waals surface area contributed by atoms with E-state index >= 15 is 4.39 Å². The Morgan fingerprint density at radius 1 is 1.20 bits per heavy atom. The predicted octanol–water partition coefficient (Wildman–Crippen LogP) is 3.54. The first-order valence-corrected chi connectivity index (χ1v) is 10.2. The minimum Gasteiger partial charge on any atom is -0.449 e. The molecule has 2 atom stereocenters. The summed E-state index contributed by atoms with van der Waals surface area (Å²) in [6, 6.07) is 3.57. The van der Waals surface area contributed by atoms with Crippen molar-refractivity contribution < 1.29 is 27.8 Å². The quantitative estimate of drug-likeness (QED) is 0.523. The molecule has 0 bridgehead atoms. The standard InChI is InChI=1S/C23H17F3N4O4.ClH/c24-13-4-5-17(15(25)7-13)30-10-18(34-22(32)33)19(31)14-8-16(26)21(28-20(14)30)29-9-12-3-1-2-6-23(12,27)11-29;/h1-8,10,12H,9,11,27H2,(H,32,33);1H. The van der Waals surface area contributed by atoms with E-state index in [0.29, 0.717) is 12.6 Å². The van der Waals surface area contributed by atoms with Gasteiger partial charge in [0.05, 0.1) is 22.8 Å². The molecule has 0 amide bonds. The number of ether oxygens (including phenoxy) is 1. The summed E-state index contributed by atoms with van der Waals surface area (Å²) >= 11 is 0. The number of carbonyl (C=O) groups is 1. The monoisotopic (exact) mass is 506 g/mol. The Morgan fingerprint density at radius 3 is 2.66 bits per heavy atom. The van der Waals surface area contributed by atoms with E-state index in [0.717, 1.165) is 29.0 Å². The highest BCUT2D eigenvalue weighted by atomic mass is 35.5. The smallest absolute Gasteiger partial charge is 0.449 e. The zero-order valence-electron chi connectivity index (χ0n) is 17.8. The van der Waals surface area contributed by atoms with Crippen LogP contribution in [0.4, 0.5) is 23.8 Å². The number of benzene rings is 1. The van der Waals surface area contributed by atoms with Gasteiger partial charge in [0, 0.05) is 25.1 Å². The Labute approximate surface area is 202 Å². The van der Waals surface area contributed by atoms with Gasteiger partial charge in [-0.25, -0.2) is 22.9 Å². The van der Waals surface area contributed by atoms with Crippen molar-refractivity contribution in [2.45, 2.75) is 5.54 Å². The van der Waals surface area contributed by atoms with Gasteiger partial charge in [-0.05, 0) is 18.2 Å². The number of nitrogens with two attached hydrogens (primary N) is 1. The van der Waals surface area contributed by atoms with Crippen molar-refractivity contribution >= 4 is 35.4 Å².